The molecule has 0 spiro atoms. The van der Waals surface area contributed by atoms with Crippen LogP contribution in [0.1, 0.15) is 16.7 Å². The van der Waals surface area contributed by atoms with Gasteiger partial charge in [0.2, 0.25) is 0 Å². The van der Waals surface area contributed by atoms with E-state index in [9.17, 15) is 5.26 Å². The summed E-state index contributed by atoms with van der Waals surface area (Å²) in [5.41, 5.74) is 6.41. The minimum absolute atomic E-state index is 0. The summed E-state index contributed by atoms with van der Waals surface area (Å²) in [4.78, 5) is 12.2. The molecular weight excluding hydrogens is 647 g/mol. The Hall–Kier alpha value is -4.92. The van der Waals surface area contributed by atoms with Crippen molar-refractivity contribution in [2.45, 2.75) is 6.92 Å². The third-order valence-electron chi connectivity index (χ3n) is 5.52. The average Bonchev–Trinajstić information content (AvgIpc) is 2.98. The van der Waals surface area contributed by atoms with Gasteiger partial charge in [-0.1, -0.05) is 48.5 Å². The second kappa shape index (κ2) is 13.4. The molecule has 1 radical (unpaired) electrons. The first-order valence-electron chi connectivity index (χ1n) is 11.3. The Kier molecular flexibility index (Phi) is 9.76. The third kappa shape index (κ3) is 6.25. The van der Waals surface area contributed by atoms with Gasteiger partial charge in [0.1, 0.15) is 6.57 Å². The number of nitriles is 2. The van der Waals surface area contributed by atoms with Gasteiger partial charge in [0, 0.05) is 43.8 Å². The van der Waals surface area contributed by atoms with E-state index in [0.717, 1.165) is 27.9 Å². The normalized spacial score (nSPS) is 9.42. The van der Waals surface area contributed by atoms with Gasteiger partial charge in [-0.2, -0.15) is 4.85 Å². The topological polar surface area (TPSA) is 77.7 Å². The van der Waals surface area contributed by atoms with Crippen molar-refractivity contribution in [3.8, 4) is 45.8 Å². The molecule has 0 aliphatic heterocycles. The van der Waals surface area contributed by atoms with Crippen LogP contribution in [0, 0.1) is 48.3 Å². The molecule has 5 aromatic rings. The van der Waals surface area contributed by atoms with Crippen LogP contribution in [0.5, 0.6) is 0 Å². The van der Waals surface area contributed by atoms with Gasteiger partial charge in [0.25, 0.3) is 5.69 Å². The summed E-state index contributed by atoms with van der Waals surface area (Å²) in [7, 11) is 0. The van der Waals surface area contributed by atoms with Crippen molar-refractivity contribution in [2.24, 2.45) is 0 Å². The van der Waals surface area contributed by atoms with Gasteiger partial charge in [0.05, 0.1) is 6.07 Å². The third-order valence-corrected chi connectivity index (χ3v) is 5.52. The fourth-order valence-electron chi connectivity index (χ4n) is 3.77. The number of hydrogen-bond acceptors (Lipinski definition) is 4. The summed E-state index contributed by atoms with van der Waals surface area (Å²) in [6.45, 7) is 9.42. The average molecular weight is 666 g/mol. The molecular formula is C32H19IrN5-2. The molecule has 2 aromatic heterocycles. The molecule has 0 saturated carbocycles. The Bertz CT molecular complexity index is 1610. The molecule has 0 unspecified atom stereocenters. The summed E-state index contributed by atoms with van der Waals surface area (Å²) in [5.74, 6) is 0. The standard InChI is InChI=1S/C21H11N4.C11H8N.Ir/c1-14-8-9-25-21(20(14)15-6-4-3-5-7-15)18-10-16(12-22)17(13-23)11-19(18)24-2;1-2-6-10(7-3-1)11-8-4-5-9-12-11;/h3-9,11H,1H3;1-6,8-9H;/q2*-1;. The first-order chi connectivity index (χ1) is 18.2. The molecule has 0 fully saturated rings. The van der Waals surface area contributed by atoms with Gasteiger partial charge < -0.3 is 4.98 Å². The molecule has 0 atom stereocenters. The number of aromatic nitrogens is 2. The summed E-state index contributed by atoms with van der Waals surface area (Å²) in [6, 6.07) is 36.7. The monoisotopic (exact) mass is 666 g/mol. The first-order valence-corrected chi connectivity index (χ1v) is 11.3. The Balaban J connectivity index is 0.000000258. The summed E-state index contributed by atoms with van der Waals surface area (Å²) < 4.78 is 0. The van der Waals surface area contributed by atoms with E-state index in [4.69, 9.17) is 11.8 Å². The molecule has 0 amide bonds. The molecule has 5 nitrogen and oxygen atoms in total. The van der Waals surface area contributed by atoms with Gasteiger partial charge in [0.15, 0.2) is 0 Å². The molecule has 38 heavy (non-hydrogen) atoms. The predicted molar refractivity (Wildman–Crippen MR) is 143 cm³/mol. The van der Waals surface area contributed by atoms with Crippen molar-refractivity contribution in [1.82, 2.24) is 9.97 Å². The molecule has 0 bridgehead atoms. The quantitative estimate of drug-likeness (QED) is 0.189. The fraction of sp³-hybridized carbons (Fsp3) is 0.0312. The Labute approximate surface area is 235 Å². The van der Waals surface area contributed by atoms with Gasteiger partial charge in [-0.25, -0.2) is 10.5 Å². The molecule has 0 aliphatic carbocycles. The van der Waals surface area contributed by atoms with Crippen LogP contribution in [0.15, 0.2) is 97.3 Å². The zero-order valence-corrected chi connectivity index (χ0v) is 22.7. The Morgan fingerprint density at radius 1 is 0.868 bits per heavy atom. The van der Waals surface area contributed by atoms with Gasteiger partial charge in [-0.3, -0.25) is 4.98 Å². The molecule has 0 saturated heterocycles. The fourth-order valence-corrected chi connectivity index (χ4v) is 3.77. The van der Waals surface area contributed by atoms with Crippen LogP contribution < -0.4 is 0 Å². The van der Waals surface area contributed by atoms with E-state index in [0.29, 0.717) is 11.3 Å². The maximum atomic E-state index is 9.30. The van der Waals surface area contributed by atoms with E-state index in [2.05, 4.69) is 26.9 Å². The molecule has 0 aliphatic rings. The number of rotatable bonds is 3. The minimum Gasteiger partial charge on any atom is -0.305 e. The zero-order chi connectivity index (χ0) is 26.0. The van der Waals surface area contributed by atoms with E-state index in [1.807, 2.05) is 97.9 Å². The first kappa shape index (κ1) is 27.7. The maximum absolute atomic E-state index is 9.30. The smallest absolute Gasteiger partial charge is 0.254 e. The van der Waals surface area contributed by atoms with Crippen molar-refractivity contribution >= 4 is 5.69 Å². The van der Waals surface area contributed by atoms with Crippen molar-refractivity contribution in [3.05, 3.63) is 138 Å². The predicted octanol–water partition coefficient (Wildman–Crippen LogP) is 7.36. The van der Waals surface area contributed by atoms with Crippen molar-refractivity contribution in [1.29, 1.82) is 10.5 Å². The van der Waals surface area contributed by atoms with Crippen molar-refractivity contribution in [3.63, 3.8) is 0 Å². The van der Waals surface area contributed by atoms with Crippen LogP contribution in [0.2, 0.25) is 0 Å². The van der Waals surface area contributed by atoms with E-state index in [1.165, 1.54) is 6.07 Å². The molecule has 183 valence electrons. The number of hydrogen-bond donors (Lipinski definition) is 0. The van der Waals surface area contributed by atoms with Gasteiger partial charge >= 0.3 is 0 Å². The number of benzene rings is 3. The molecule has 5 rings (SSSR count). The van der Waals surface area contributed by atoms with Crippen LogP contribution in [0.4, 0.5) is 5.69 Å². The van der Waals surface area contributed by atoms with E-state index >= 15 is 0 Å². The van der Waals surface area contributed by atoms with Gasteiger partial charge in [-0.05, 0) is 64.7 Å². The number of aryl methyl sites for hydroxylation is 1. The number of nitrogens with zero attached hydrogens (tertiary/aromatic N) is 5. The van der Waals surface area contributed by atoms with Crippen LogP contribution >= 0.6 is 0 Å². The molecule has 3 aromatic carbocycles. The number of pyridine rings is 2. The van der Waals surface area contributed by atoms with E-state index < -0.39 is 0 Å². The second-order valence-electron chi connectivity index (χ2n) is 7.86. The molecule has 6 heteroatoms. The Morgan fingerprint density at radius 2 is 1.63 bits per heavy atom. The largest absolute Gasteiger partial charge is 0.305 e. The van der Waals surface area contributed by atoms with Crippen LogP contribution in [-0.2, 0) is 20.1 Å². The zero-order valence-electron chi connectivity index (χ0n) is 20.3. The summed E-state index contributed by atoms with van der Waals surface area (Å²) in [5, 5.41) is 18.5. The van der Waals surface area contributed by atoms with Crippen LogP contribution in [-0.4, -0.2) is 9.97 Å². The van der Waals surface area contributed by atoms with E-state index in [-0.39, 0.29) is 36.9 Å². The minimum atomic E-state index is 0. The Morgan fingerprint density at radius 3 is 2.26 bits per heavy atom. The van der Waals surface area contributed by atoms with Crippen molar-refractivity contribution < 1.29 is 20.1 Å². The second-order valence-corrected chi connectivity index (χ2v) is 7.86. The van der Waals surface area contributed by atoms with Crippen LogP contribution in [0.25, 0.3) is 38.5 Å². The summed E-state index contributed by atoms with van der Waals surface area (Å²) in [6.07, 6.45) is 3.46. The van der Waals surface area contributed by atoms with Crippen molar-refractivity contribution in [2.75, 3.05) is 0 Å². The SMILES string of the molecule is [C-]#[N+]c1cc(C#N)c(C#N)[c-]c1-c1nccc(C)c1-c1ccccc1.[Ir].[c-]1ccccc1-c1ccccn1. The summed E-state index contributed by atoms with van der Waals surface area (Å²) >= 11 is 0. The van der Waals surface area contributed by atoms with Crippen LogP contribution in [0.3, 0.4) is 0 Å². The maximum Gasteiger partial charge on any atom is 0.254 e. The molecule has 0 N–H and O–H groups in total. The van der Waals surface area contributed by atoms with Gasteiger partial charge in [-0.15, -0.1) is 35.9 Å². The van der Waals surface area contributed by atoms with E-state index in [1.54, 1.807) is 12.4 Å². The molecule has 2 heterocycles.